The molecule has 0 saturated heterocycles. The summed E-state index contributed by atoms with van der Waals surface area (Å²) in [5.74, 6) is 0.677. The number of rotatable bonds is 8. The first-order chi connectivity index (χ1) is 13.5. The lowest BCUT2D eigenvalue weighted by molar-refractivity contribution is -0.117. The van der Waals surface area contributed by atoms with Crippen LogP contribution in [0.3, 0.4) is 0 Å². The third kappa shape index (κ3) is 4.67. The maximum Gasteiger partial charge on any atom is 0.246 e. The fourth-order valence-electron chi connectivity index (χ4n) is 2.96. The number of carbonyl (C=O) groups is 2. The van der Waals surface area contributed by atoms with Gasteiger partial charge in [0.15, 0.2) is 5.78 Å². The number of carbonyl (C=O) groups excluding carboxylic acids is 2. The molecule has 5 nitrogen and oxygen atoms in total. The zero-order valence-electron chi connectivity index (χ0n) is 15.7. The summed E-state index contributed by atoms with van der Waals surface area (Å²) in [7, 11) is 0. The van der Waals surface area contributed by atoms with Crippen molar-refractivity contribution >= 4 is 34.3 Å². The van der Waals surface area contributed by atoms with Crippen molar-refractivity contribution in [1.82, 2.24) is 14.9 Å². The Morgan fingerprint density at radius 1 is 1.14 bits per heavy atom. The minimum absolute atomic E-state index is 0.00310. The molecule has 1 N–H and O–H groups in total. The third-order valence-electron chi connectivity index (χ3n) is 4.45. The highest BCUT2D eigenvalue weighted by atomic mass is 35.5. The van der Waals surface area contributed by atoms with Gasteiger partial charge in [-0.2, -0.15) is 0 Å². The number of nitrogens with zero attached hydrogens (tertiary/aromatic N) is 2. The van der Waals surface area contributed by atoms with Crippen molar-refractivity contribution in [2.45, 2.75) is 26.3 Å². The monoisotopic (exact) mass is 395 g/mol. The number of ketones is 1. The molecular weight excluding hydrogens is 374 g/mol. The summed E-state index contributed by atoms with van der Waals surface area (Å²) in [6.45, 7) is 6.04. The van der Waals surface area contributed by atoms with E-state index in [-0.39, 0.29) is 18.2 Å². The highest BCUT2D eigenvalue weighted by molar-refractivity contribution is 6.30. The number of amides is 1. The van der Waals surface area contributed by atoms with Gasteiger partial charge in [0, 0.05) is 29.1 Å². The Morgan fingerprint density at radius 3 is 2.57 bits per heavy atom. The van der Waals surface area contributed by atoms with Gasteiger partial charge in [0.1, 0.15) is 5.82 Å². The van der Waals surface area contributed by atoms with Crippen LogP contribution in [-0.2, 0) is 17.8 Å². The van der Waals surface area contributed by atoms with Crippen LogP contribution < -0.4 is 5.32 Å². The molecular formula is C22H22ClN3O2. The minimum atomic E-state index is -0.147. The summed E-state index contributed by atoms with van der Waals surface area (Å²) in [5.41, 5.74) is 2.88. The number of benzene rings is 2. The van der Waals surface area contributed by atoms with Gasteiger partial charge >= 0.3 is 0 Å². The molecule has 0 aliphatic rings. The van der Waals surface area contributed by atoms with Crippen molar-refractivity contribution in [2.24, 2.45) is 0 Å². The molecule has 28 heavy (non-hydrogen) atoms. The van der Waals surface area contributed by atoms with E-state index in [0.29, 0.717) is 29.1 Å². The van der Waals surface area contributed by atoms with E-state index in [1.54, 1.807) is 31.2 Å². The molecule has 0 spiro atoms. The Morgan fingerprint density at radius 2 is 1.86 bits per heavy atom. The third-order valence-corrected chi connectivity index (χ3v) is 4.70. The van der Waals surface area contributed by atoms with E-state index in [2.05, 4.69) is 16.9 Å². The van der Waals surface area contributed by atoms with Crippen LogP contribution in [0.5, 0.6) is 0 Å². The average molecular weight is 396 g/mol. The van der Waals surface area contributed by atoms with E-state index in [9.17, 15) is 9.59 Å². The quantitative estimate of drug-likeness (QED) is 0.353. The van der Waals surface area contributed by atoms with E-state index >= 15 is 0 Å². The fourth-order valence-corrected chi connectivity index (χ4v) is 3.09. The number of hydrogen-bond donors (Lipinski definition) is 1. The molecule has 0 unspecified atom stereocenters. The number of hydrogen-bond acceptors (Lipinski definition) is 3. The highest BCUT2D eigenvalue weighted by Crippen LogP contribution is 2.19. The van der Waals surface area contributed by atoms with Crippen LogP contribution in [0.2, 0.25) is 5.02 Å². The van der Waals surface area contributed by atoms with Gasteiger partial charge in [0.05, 0.1) is 17.6 Å². The number of aryl methyl sites for hydroxylation is 1. The van der Waals surface area contributed by atoms with Crippen LogP contribution in [0.4, 0.5) is 0 Å². The molecule has 0 saturated carbocycles. The molecule has 0 radical (unpaired) electrons. The normalized spacial score (nSPS) is 10.8. The van der Waals surface area contributed by atoms with E-state index in [4.69, 9.17) is 11.6 Å². The highest BCUT2D eigenvalue weighted by Gasteiger charge is 2.15. The summed E-state index contributed by atoms with van der Waals surface area (Å²) in [4.78, 5) is 29.0. The Hall–Kier alpha value is -2.92. The number of para-hydroxylation sites is 2. The van der Waals surface area contributed by atoms with E-state index in [1.165, 1.54) is 0 Å². The summed E-state index contributed by atoms with van der Waals surface area (Å²) in [6.07, 6.45) is 1.37. The van der Waals surface area contributed by atoms with Gasteiger partial charge < -0.3 is 9.88 Å². The van der Waals surface area contributed by atoms with E-state index < -0.39 is 0 Å². The first-order valence-electron chi connectivity index (χ1n) is 9.12. The van der Waals surface area contributed by atoms with Gasteiger partial charge in [-0.3, -0.25) is 9.59 Å². The van der Waals surface area contributed by atoms with Crippen LogP contribution in [0, 0.1) is 0 Å². The molecule has 0 fully saturated rings. The molecule has 0 aliphatic heterocycles. The van der Waals surface area contributed by atoms with Crippen molar-refractivity contribution in [3.05, 3.63) is 77.1 Å². The van der Waals surface area contributed by atoms with Gasteiger partial charge in [0.25, 0.3) is 0 Å². The molecule has 1 amide bonds. The van der Waals surface area contributed by atoms with Crippen molar-refractivity contribution in [1.29, 1.82) is 0 Å². The van der Waals surface area contributed by atoms with Crippen molar-refractivity contribution in [3.63, 3.8) is 0 Å². The number of Topliss-reactive ketones (excluding diaryl/α,β-unsaturated/α-hetero) is 1. The molecule has 6 heteroatoms. The second-order valence-corrected chi connectivity index (χ2v) is 7.11. The molecule has 2 aromatic carbocycles. The lowest BCUT2D eigenvalue weighted by atomic mass is 10.1. The molecule has 1 aromatic heterocycles. The Kier molecular flexibility index (Phi) is 6.26. The lowest BCUT2D eigenvalue weighted by Crippen LogP contribution is -2.25. The SMILES string of the molecule is C=C(C)C(=O)NCCCc1nc2ccccc2n1CC(=O)c1ccc(Cl)cc1. The first kappa shape index (κ1) is 19.8. The molecule has 144 valence electrons. The minimum Gasteiger partial charge on any atom is -0.352 e. The predicted octanol–water partition coefficient (Wildman–Crippen LogP) is 4.20. The Bertz CT molecular complexity index is 1020. The fraction of sp³-hybridized carbons (Fsp3) is 0.227. The van der Waals surface area contributed by atoms with E-state index in [0.717, 1.165) is 23.3 Å². The maximum atomic E-state index is 12.8. The number of nitrogens with one attached hydrogen (secondary N) is 1. The number of aromatic nitrogens is 2. The second kappa shape index (κ2) is 8.85. The second-order valence-electron chi connectivity index (χ2n) is 6.67. The van der Waals surface area contributed by atoms with Gasteiger partial charge in [-0.25, -0.2) is 4.98 Å². The van der Waals surface area contributed by atoms with Crippen molar-refractivity contribution in [2.75, 3.05) is 6.54 Å². The number of halogens is 1. The van der Waals surface area contributed by atoms with E-state index in [1.807, 2.05) is 28.8 Å². The molecule has 0 atom stereocenters. The van der Waals surface area contributed by atoms with Crippen LogP contribution in [-0.4, -0.2) is 27.8 Å². The van der Waals surface area contributed by atoms with Gasteiger partial charge in [-0.05, 0) is 49.7 Å². The number of imidazole rings is 1. The molecule has 0 bridgehead atoms. The first-order valence-corrected chi connectivity index (χ1v) is 9.50. The summed E-state index contributed by atoms with van der Waals surface area (Å²) >= 11 is 5.91. The standard InChI is InChI=1S/C22H22ClN3O2/c1-15(2)22(28)24-13-5-8-21-25-18-6-3-4-7-19(18)26(21)14-20(27)16-9-11-17(23)12-10-16/h3-4,6-7,9-12H,1,5,8,13-14H2,2H3,(H,24,28). The molecule has 3 aromatic rings. The lowest BCUT2D eigenvalue weighted by Gasteiger charge is -2.09. The number of fused-ring (bicyclic) bond motifs is 1. The van der Waals surface area contributed by atoms with Gasteiger partial charge in [0.2, 0.25) is 5.91 Å². The van der Waals surface area contributed by atoms with Crippen LogP contribution in [0.1, 0.15) is 29.5 Å². The van der Waals surface area contributed by atoms with Crippen LogP contribution >= 0.6 is 11.6 Å². The summed E-state index contributed by atoms with van der Waals surface area (Å²) < 4.78 is 1.95. The van der Waals surface area contributed by atoms with Crippen LogP contribution in [0.25, 0.3) is 11.0 Å². The smallest absolute Gasteiger partial charge is 0.246 e. The van der Waals surface area contributed by atoms with Crippen molar-refractivity contribution in [3.8, 4) is 0 Å². The topological polar surface area (TPSA) is 64.0 Å². The summed E-state index contributed by atoms with van der Waals surface area (Å²) in [5, 5.41) is 3.42. The largest absolute Gasteiger partial charge is 0.352 e. The molecule has 1 heterocycles. The average Bonchev–Trinajstić information content (AvgIpc) is 3.03. The van der Waals surface area contributed by atoms with Crippen LogP contribution in [0.15, 0.2) is 60.7 Å². The maximum absolute atomic E-state index is 12.8. The van der Waals surface area contributed by atoms with Gasteiger partial charge in [-0.1, -0.05) is 30.3 Å². The molecule has 3 rings (SSSR count). The molecule has 0 aliphatic carbocycles. The van der Waals surface area contributed by atoms with Gasteiger partial charge in [-0.15, -0.1) is 0 Å². The zero-order valence-corrected chi connectivity index (χ0v) is 16.5. The predicted molar refractivity (Wildman–Crippen MR) is 112 cm³/mol. The summed E-state index contributed by atoms with van der Waals surface area (Å²) in [6, 6.07) is 14.7. The van der Waals surface area contributed by atoms with Crippen molar-refractivity contribution < 1.29 is 9.59 Å². The Balaban J connectivity index is 1.77. The Labute approximate surface area is 169 Å². The zero-order chi connectivity index (χ0) is 20.1.